The molecule has 25 heavy (non-hydrogen) atoms. The topological polar surface area (TPSA) is 70.2 Å². The van der Waals surface area contributed by atoms with E-state index >= 15 is 0 Å². The summed E-state index contributed by atoms with van der Waals surface area (Å²) in [4.78, 5) is 23.8. The highest BCUT2D eigenvalue weighted by atomic mass is 16.2. The fourth-order valence-corrected chi connectivity index (χ4v) is 2.46. The van der Waals surface area contributed by atoms with E-state index in [2.05, 4.69) is 16.0 Å². The third kappa shape index (κ3) is 4.83. The highest BCUT2D eigenvalue weighted by Crippen LogP contribution is 2.23. The van der Waals surface area contributed by atoms with Crippen molar-refractivity contribution in [2.45, 2.75) is 34.1 Å². The van der Waals surface area contributed by atoms with E-state index in [-0.39, 0.29) is 18.4 Å². The van der Waals surface area contributed by atoms with Gasteiger partial charge in [-0.1, -0.05) is 25.1 Å². The Bertz CT molecular complexity index is 785. The fourth-order valence-electron chi connectivity index (χ4n) is 2.46. The van der Waals surface area contributed by atoms with Crippen LogP contribution in [-0.2, 0) is 9.59 Å². The molecule has 0 atom stereocenters. The molecule has 0 spiro atoms. The van der Waals surface area contributed by atoms with Gasteiger partial charge >= 0.3 is 0 Å². The van der Waals surface area contributed by atoms with Gasteiger partial charge in [0.05, 0.1) is 6.54 Å². The molecule has 0 aliphatic rings. The molecule has 0 aromatic heterocycles. The molecule has 5 heteroatoms. The Morgan fingerprint density at radius 2 is 1.36 bits per heavy atom. The molecule has 0 saturated carbocycles. The Morgan fingerprint density at radius 3 is 2.04 bits per heavy atom. The van der Waals surface area contributed by atoms with E-state index in [0.717, 1.165) is 33.8 Å². The summed E-state index contributed by atoms with van der Waals surface area (Å²) in [7, 11) is 0. The summed E-state index contributed by atoms with van der Waals surface area (Å²) in [5.74, 6) is -0.149. The molecule has 2 aromatic rings. The summed E-state index contributed by atoms with van der Waals surface area (Å²) in [6, 6.07) is 11.4. The minimum Gasteiger partial charge on any atom is -0.376 e. The minimum atomic E-state index is -0.115. The second-order valence-corrected chi connectivity index (χ2v) is 6.03. The number of amides is 2. The van der Waals surface area contributed by atoms with Gasteiger partial charge in [-0.3, -0.25) is 9.59 Å². The Morgan fingerprint density at radius 1 is 0.800 bits per heavy atom. The van der Waals surface area contributed by atoms with Crippen molar-refractivity contribution < 1.29 is 9.59 Å². The Labute approximate surface area is 148 Å². The Kier molecular flexibility index (Phi) is 6.17. The van der Waals surface area contributed by atoms with Crippen LogP contribution < -0.4 is 16.0 Å². The molecular formula is C20H25N3O2. The molecule has 5 nitrogen and oxygen atoms in total. The molecule has 2 amide bonds. The van der Waals surface area contributed by atoms with Crippen molar-refractivity contribution in [3.63, 3.8) is 0 Å². The quantitative estimate of drug-likeness (QED) is 0.745. The zero-order valence-corrected chi connectivity index (χ0v) is 15.2. The molecular weight excluding hydrogens is 314 g/mol. The van der Waals surface area contributed by atoms with Gasteiger partial charge in [0.15, 0.2) is 0 Å². The normalized spacial score (nSPS) is 10.2. The highest BCUT2D eigenvalue weighted by Gasteiger charge is 2.09. The van der Waals surface area contributed by atoms with Crippen molar-refractivity contribution in [3.05, 3.63) is 53.1 Å². The van der Waals surface area contributed by atoms with Crippen molar-refractivity contribution in [3.8, 4) is 0 Å². The Hall–Kier alpha value is -2.82. The lowest BCUT2D eigenvalue weighted by atomic mass is 10.1. The number of carbonyl (C=O) groups is 2. The first-order chi connectivity index (χ1) is 11.9. The number of benzene rings is 2. The first-order valence-electron chi connectivity index (χ1n) is 8.41. The monoisotopic (exact) mass is 339 g/mol. The van der Waals surface area contributed by atoms with Gasteiger partial charge in [0.1, 0.15) is 0 Å². The van der Waals surface area contributed by atoms with Crippen LogP contribution in [0.4, 0.5) is 17.1 Å². The molecule has 0 bridgehead atoms. The van der Waals surface area contributed by atoms with E-state index in [1.165, 1.54) is 0 Å². The molecule has 0 saturated heterocycles. The van der Waals surface area contributed by atoms with Crippen LogP contribution in [-0.4, -0.2) is 18.4 Å². The Balaban J connectivity index is 2.01. The van der Waals surface area contributed by atoms with Gasteiger partial charge in [-0.15, -0.1) is 0 Å². The standard InChI is InChI=1S/C20H25N3O2/c1-5-19(24)22-18-11-7-9-16(15(18)4)21-12-20(25)23-17-10-6-8-13(2)14(17)3/h6-11,21H,5,12H2,1-4H3,(H,22,24)(H,23,25). The second kappa shape index (κ2) is 8.33. The smallest absolute Gasteiger partial charge is 0.243 e. The second-order valence-electron chi connectivity index (χ2n) is 6.03. The van der Waals surface area contributed by atoms with Gasteiger partial charge in [0, 0.05) is 23.5 Å². The molecule has 0 unspecified atom stereocenters. The third-order valence-electron chi connectivity index (χ3n) is 4.25. The average molecular weight is 339 g/mol. The van der Waals surface area contributed by atoms with E-state index in [4.69, 9.17) is 0 Å². The average Bonchev–Trinajstić information content (AvgIpc) is 2.59. The molecule has 0 radical (unpaired) electrons. The number of anilines is 3. The third-order valence-corrected chi connectivity index (χ3v) is 4.25. The zero-order chi connectivity index (χ0) is 18.4. The lowest BCUT2D eigenvalue weighted by Crippen LogP contribution is -2.22. The van der Waals surface area contributed by atoms with E-state index in [1.807, 2.05) is 64.1 Å². The number of carbonyl (C=O) groups excluding carboxylic acids is 2. The number of rotatable bonds is 6. The van der Waals surface area contributed by atoms with Crippen LogP contribution in [0.3, 0.4) is 0 Å². The number of hydrogen-bond acceptors (Lipinski definition) is 3. The van der Waals surface area contributed by atoms with Crippen molar-refractivity contribution >= 4 is 28.9 Å². The van der Waals surface area contributed by atoms with Crippen LogP contribution in [0.25, 0.3) is 0 Å². The molecule has 0 aliphatic carbocycles. The molecule has 132 valence electrons. The lowest BCUT2D eigenvalue weighted by molar-refractivity contribution is -0.116. The van der Waals surface area contributed by atoms with Crippen LogP contribution in [0.1, 0.15) is 30.0 Å². The van der Waals surface area contributed by atoms with Crippen molar-refractivity contribution in [1.82, 2.24) is 0 Å². The molecule has 3 N–H and O–H groups in total. The van der Waals surface area contributed by atoms with Gasteiger partial charge in [-0.05, 0) is 55.7 Å². The maximum Gasteiger partial charge on any atom is 0.243 e. The first-order valence-corrected chi connectivity index (χ1v) is 8.41. The minimum absolute atomic E-state index is 0.0343. The van der Waals surface area contributed by atoms with Gasteiger partial charge in [-0.25, -0.2) is 0 Å². The van der Waals surface area contributed by atoms with E-state index in [1.54, 1.807) is 0 Å². The van der Waals surface area contributed by atoms with E-state index in [9.17, 15) is 9.59 Å². The molecule has 2 rings (SSSR count). The zero-order valence-electron chi connectivity index (χ0n) is 15.2. The lowest BCUT2D eigenvalue weighted by Gasteiger charge is -2.15. The van der Waals surface area contributed by atoms with Crippen LogP contribution >= 0.6 is 0 Å². The van der Waals surface area contributed by atoms with Crippen molar-refractivity contribution in [1.29, 1.82) is 0 Å². The van der Waals surface area contributed by atoms with E-state index < -0.39 is 0 Å². The van der Waals surface area contributed by atoms with Gasteiger partial charge in [0.25, 0.3) is 0 Å². The summed E-state index contributed by atoms with van der Waals surface area (Å²) < 4.78 is 0. The number of aryl methyl sites for hydroxylation is 1. The largest absolute Gasteiger partial charge is 0.376 e. The van der Waals surface area contributed by atoms with Gasteiger partial charge < -0.3 is 16.0 Å². The maximum atomic E-state index is 12.2. The number of nitrogens with one attached hydrogen (secondary N) is 3. The summed E-state index contributed by atoms with van der Waals surface area (Å²) in [5, 5.41) is 8.92. The van der Waals surface area contributed by atoms with Crippen molar-refractivity contribution in [2.24, 2.45) is 0 Å². The van der Waals surface area contributed by atoms with Crippen LogP contribution in [0.2, 0.25) is 0 Å². The highest BCUT2D eigenvalue weighted by molar-refractivity contribution is 5.95. The van der Waals surface area contributed by atoms with Crippen LogP contribution in [0.15, 0.2) is 36.4 Å². The summed E-state index contributed by atoms with van der Waals surface area (Å²) in [5.41, 5.74) is 5.52. The first kappa shape index (κ1) is 18.5. The van der Waals surface area contributed by atoms with Crippen LogP contribution in [0, 0.1) is 20.8 Å². The predicted molar refractivity (Wildman–Crippen MR) is 103 cm³/mol. The molecule has 0 aliphatic heterocycles. The summed E-state index contributed by atoms with van der Waals surface area (Å²) in [6.07, 6.45) is 0.426. The molecule has 2 aromatic carbocycles. The van der Waals surface area contributed by atoms with Gasteiger partial charge in [0.2, 0.25) is 11.8 Å². The van der Waals surface area contributed by atoms with Gasteiger partial charge in [-0.2, -0.15) is 0 Å². The fraction of sp³-hybridized carbons (Fsp3) is 0.300. The SMILES string of the molecule is CCC(=O)Nc1cccc(NCC(=O)Nc2cccc(C)c2C)c1C. The van der Waals surface area contributed by atoms with E-state index in [0.29, 0.717) is 6.42 Å². The van der Waals surface area contributed by atoms with Crippen molar-refractivity contribution in [2.75, 3.05) is 22.5 Å². The molecule has 0 heterocycles. The summed E-state index contributed by atoms with van der Waals surface area (Å²) >= 11 is 0. The number of hydrogen-bond donors (Lipinski definition) is 3. The maximum absolute atomic E-state index is 12.2. The molecule has 0 fully saturated rings. The predicted octanol–water partition coefficient (Wildman–Crippen LogP) is 4.01. The summed E-state index contributed by atoms with van der Waals surface area (Å²) in [6.45, 7) is 7.88. The van der Waals surface area contributed by atoms with Crippen LogP contribution in [0.5, 0.6) is 0 Å².